The molecule has 1 fully saturated rings. The Bertz CT molecular complexity index is 388. The summed E-state index contributed by atoms with van der Waals surface area (Å²) in [7, 11) is 1.45. The van der Waals surface area contributed by atoms with Gasteiger partial charge in [-0.25, -0.2) is 0 Å². The molecule has 0 bridgehead atoms. The van der Waals surface area contributed by atoms with Gasteiger partial charge >= 0.3 is 5.97 Å². The monoisotopic (exact) mass is 234 g/mol. The van der Waals surface area contributed by atoms with Gasteiger partial charge in [0.05, 0.1) is 18.2 Å². The van der Waals surface area contributed by atoms with E-state index in [1.807, 2.05) is 18.2 Å². The molecule has 1 atom stereocenters. The summed E-state index contributed by atoms with van der Waals surface area (Å²) in [4.78, 5) is 15.9. The van der Waals surface area contributed by atoms with Crippen LogP contribution in [0.3, 0.4) is 0 Å². The first kappa shape index (κ1) is 12.0. The highest BCUT2D eigenvalue weighted by molar-refractivity contribution is 5.80. The van der Waals surface area contributed by atoms with Crippen LogP contribution in [-0.4, -0.2) is 24.6 Å². The van der Waals surface area contributed by atoms with E-state index in [2.05, 4.69) is 17.2 Å². The molecule has 92 valence electrons. The highest BCUT2D eigenvalue weighted by Gasteiger charge is 2.50. The fourth-order valence-electron chi connectivity index (χ4n) is 1.91. The van der Waals surface area contributed by atoms with Crippen LogP contribution in [0.15, 0.2) is 24.4 Å². The minimum atomic E-state index is -0.280. The number of nitrogens with one attached hydrogen (secondary N) is 1. The Hall–Kier alpha value is -1.42. The van der Waals surface area contributed by atoms with Crippen molar-refractivity contribution in [3.05, 3.63) is 30.1 Å². The highest BCUT2D eigenvalue weighted by atomic mass is 16.5. The molecule has 4 heteroatoms. The lowest BCUT2D eigenvalue weighted by atomic mass is 10.1. The fourth-order valence-corrected chi connectivity index (χ4v) is 1.91. The topological polar surface area (TPSA) is 51.2 Å². The number of rotatable bonds is 5. The first-order valence-corrected chi connectivity index (χ1v) is 5.91. The second-order valence-corrected chi connectivity index (χ2v) is 4.63. The minimum absolute atomic E-state index is 0.0989. The van der Waals surface area contributed by atoms with E-state index in [1.165, 1.54) is 7.11 Å². The van der Waals surface area contributed by atoms with Crippen molar-refractivity contribution in [2.75, 3.05) is 13.7 Å². The standard InChI is InChI=1S/C13H18N2O2/c1-10(11-5-3-4-8-14-11)15-9-13(6-7-13)12(16)17-2/h3-5,8,10,15H,6-7,9H2,1-2H3/t10-/m1/s1. The van der Waals surface area contributed by atoms with Gasteiger partial charge in [-0.15, -0.1) is 0 Å². The molecule has 0 spiro atoms. The van der Waals surface area contributed by atoms with Crippen LogP contribution in [0.2, 0.25) is 0 Å². The third-order valence-electron chi connectivity index (χ3n) is 3.35. The van der Waals surface area contributed by atoms with Crippen LogP contribution in [0.25, 0.3) is 0 Å². The minimum Gasteiger partial charge on any atom is -0.469 e. The molecule has 0 aromatic carbocycles. The first-order valence-electron chi connectivity index (χ1n) is 5.91. The summed E-state index contributed by atoms with van der Waals surface area (Å²) in [6, 6.07) is 5.99. The van der Waals surface area contributed by atoms with E-state index in [1.54, 1.807) is 6.20 Å². The van der Waals surface area contributed by atoms with Gasteiger partial charge in [0.25, 0.3) is 0 Å². The lowest BCUT2D eigenvalue weighted by Crippen LogP contribution is -2.32. The van der Waals surface area contributed by atoms with Crippen molar-refractivity contribution in [2.24, 2.45) is 5.41 Å². The maximum absolute atomic E-state index is 11.6. The molecule has 4 nitrogen and oxygen atoms in total. The molecule has 1 saturated carbocycles. The molecule has 1 heterocycles. The molecule has 17 heavy (non-hydrogen) atoms. The maximum atomic E-state index is 11.6. The summed E-state index contributed by atoms with van der Waals surface area (Å²) in [6.07, 6.45) is 3.62. The maximum Gasteiger partial charge on any atom is 0.313 e. The van der Waals surface area contributed by atoms with E-state index in [0.717, 1.165) is 18.5 Å². The first-order chi connectivity index (χ1) is 8.18. The molecule has 0 saturated heterocycles. The van der Waals surface area contributed by atoms with Gasteiger partial charge in [0.1, 0.15) is 0 Å². The largest absolute Gasteiger partial charge is 0.469 e. The van der Waals surface area contributed by atoms with Crippen molar-refractivity contribution >= 4 is 5.97 Å². The van der Waals surface area contributed by atoms with Crippen LogP contribution in [0.5, 0.6) is 0 Å². The Morgan fingerprint density at radius 2 is 2.35 bits per heavy atom. The number of esters is 1. The number of carbonyl (C=O) groups excluding carboxylic acids is 1. The summed E-state index contributed by atoms with van der Waals surface area (Å²) in [5.74, 6) is -0.0989. The van der Waals surface area contributed by atoms with Crippen LogP contribution < -0.4 is 5.32 Å². The van der Waals surface area contributed by atoms with Gasteiger partial charge < -0.3 is 10.1 Å². The predicted octanol–water partition coefficient (Wildman–Crippen LogP) is 1.69. The smallest absolute Gasteiger partial charge is 0.313 e. The zero-order valence-corrected chi connectivity index (χ0v) is 10.3. The van der Waals surface area contributed by atoms with Crippen molar-refractivity contribution in [3.63, 3.8) is 0 Å². The van der Waals surface area contributed by atoms with Crippen LogP contribution in [0, 0.1) is 5.41 Å². The summed E-state index contributed by atoms with van der Waals surface area (Å²) in [5, 5.41) is 3.35. The Labute approximate surface area is 101 Å². The number of ether oxygens (including phenoxy) is 1. The van der Waals surface area contributed by atoms with E-state index >= 15 is 0 Å². The Morgan fingerprint density at radius 1 is 1.59 bits per heavy atom. The van der Waals surface area contributed by atoms with Gasteiger partial charge in [0, 0.05) is 18.8 Å². The van der Waals surface area contributed by atoms with Gasteiger partial charge in [-0.2, -0.15) is 0 Å². The molecule has 1 N–H and O–H groups in total. The van der Waals surface area contributed by atoms with Gasteiger partial charge in [0.2, 0.25) is 0 Å². The number of nitrogens with zero attached hydrogens (tertiary/aromatic N) is 1. The third-order valence-corrected chi connectivity index (χ3v) is 3.35. The number of hydrogen-bond acceptors (Lipinski definition) is 4. The zero-order chi connectivity index (χ0) is 12.3. The molecule has 1 aromatic heterocycles. The Kier molecular flexibility index (Phi) is 3.43. The highest BCUT2D eigenvalue weighted by Crippen LogP contribution is 2.46. The SMILES string of the molecule is COC(=O)C1(CN[C@H](C)c2ccccn2)CC1. The summed E-state index contributed by atoms with van der Waals surface area (Å²) in [5.41, 5.74) is 0.714. The lowest BCUT2D eigenvalue weighted by molar-refractivity contribution is -0.146. The second kappa shape index (κ2) is 4.84. The second-order valence-electron chi connectivity index (χ2n) is 4.63. The molecule has 0 radical (unpaired) electrons. The summed E-state index contributed by atoms with van der Waals surface area (Å²) < 4.78 is 4.82. The van der Waals surface area contributed by atoms with Gasteiger partial charge in [0.15, 0.2) is 0 Å². The molecule has 0 unspecified atom stereocenters. The third kappa shape index (κ3) is 2.64. The van der Waals surface area contributed by atoms with Crippen molar-refractivity contribution in [3.8, 4) is 0 Å². The van der Waals surface area contributed by atoms with Crippen molar-refractivity contribution in [1.82, 2.24) is 10.3 Å². The zero-order valence-electron chi connectivity index (χ0n) is 10.3. The van der Waals surface area contributed by atoms with Crippen molar-refractivity contribution in [2.45, 2.75) is 25.8 Å². The van der Waals surface area contributed by atoms with Crippen LogP contribution >= 0.6 is 0 Å². The number of carbonyl (C=O) groups is 1. The average Bonchev–Trinajstić information content (AvgIpc) is 3.17. The fraction of sp³-hybridized carbons (Fsp3) is 0.538. The van der Waals surface area contributed by atoms with Crippen molar-refractivity contribution in [1.29, 1.82) is 0 Å². The number of pyridine rings is 1. The summed E-state index contributed by atoms with van der Waals surface area (Å²) >= 11 is 0. The van der Waals surface area contributed by atoms with E-state index < -0.39 is 0 Å². The molecule has 0 aliphatic heterocycles. The quantitative estimate of drug-likeness (QED) is 0.788. The molecular formula is C13H18N2O2. The molecule has 1 aromatic rings. The lowest BCUT2D eigenvalue weighted by Gasteiger charge is -2.18. The van der Waals surface area contributed by atoms with Gasteiger partial charge in [-0.3, -0.25) is 9.78 Å². The average molecular weight is 234 g/mol. The molecule has 1 aliphatic carbocycles. The van der Waals surface area contributed by atoms with Gasteiger partial charge in [-0.1, -0.05) is 6.07 Å². The van der Waals surface area contributed by atoms with Gasteiger partial charge in [-0.05, 0) is 31.9 Å². The van der Waals surface area contributed by atoms with Crippen LogP contribution in [-0.2, 0) is 9.53 Å². The van der Waals surface area contributed by atoms with Crippen LogP contribution in [0.1, 0.15) is 31.5 Å². The van der Waals surface area contributed by atoms with E-state index in [-0.39, 0.29) is 17.4 Å². The van der Waals surface area contributed by atoms with Crippen LogP contribution in [0.4, 0.5) is 0 Å². The number of hydrogen-bond donors (Lipinski definition) is 1. The summed E-state index contributed by atoms with van der Waals surface area (Å²) in [6.45, 7) is 2.72. The van der Waals surface area contributed by atoms with E-state index in [4.69, 9.17) is 4.74 Å². The van der Waals surface area contributed by atoms with E-state index in [9.17, 15) is 4.79 Å². The molecular weight excluding hydrogens is 216 g/mol. The molecule has 2 rings (SSSR count). The predicted molar refractivity (Wildman–Crippen MR) is 64.3 cm³/mol. The number of methoxy groups -OCH3 is 1. The Balaban J connectivity index is 1.89. The molecule has 1 aliphatic rings. The normalized spacial score (nSPS) is 18.5. The number of aromatic nitrogens is 1. The molecule has 0 amide bonds. The Morgan fingerprint density at radius 3 is 2.88 bits per heavy atom. The van der Waals surface area contributed by atoms with Crippen molar-refractivity contribution < 1.29 is 9.53 Å². The van der Waals surface area contributed by atoms with E-state index in [0.29, 0.717) is 6.54 Å².